The molecule has 2 aromatic rings. The van der Waals surface area contributed by atoms with E-state index in [1.807, 2.05) is 11.3 Å². The molecule has 0 spiro atoms. The van der Waals surface area contributed by atoms with Gasteiger partial charge in [-0.05, 0) is 44.2 Å². The van der Waals surface area contributed by atoms with E-state index in [2.05, 4.69) is 11.1 Å². The van der Waals surface area contributed by atoms with Crippen molar-refractivity contribution in [1.29, 1.82) is 5.26 Å². The molecule has 3 rings (SSSR count). The number of fused-ring (bicyclic) bond motifs is 1. The van der Waals surface area contributed by atoms with Crippen LogP contribution in [-0.4, -0.2) is 30.0 Å². The molecule has 140 valence electrons. The standard InChI is InChI=1S/C18H21F2N3O2S/c1-12-7-14(10-21)9-17-22-15(11-26(2,24)25)16(23(12)17)8-13-3-5-18(19,20)6-4-13/h7,9,13H,3-6,8,11H2,1-2H3. The van der Waals surface area contributed by atoms with Crippen LogP contribution in [-0.2, 0) is 22.0 Å². The highest BCUT2D eigenvalue weighted by molar-refractivity contribution is 7.89. The first kappa shape index (κ1) is 18.8. The topological polar surface area (TPSA) is 75.2 Å². The predicted octanol–water partition coefficient (Wildman–Crippen LogP) is 3.43. The lowest BCUT2D eigenvalue weighted by Crippen LogP contribution is -2.26. The second kappa shape index (κ2) is 6.62. The minimum absolute atomic E-state index is 0.0721. The molecule has 0 saturated heterocycles. The van der Waals surface area contributed by atoms with Crippen molar-refractivity contribution >= 4 is 15.5 Å². The van der Waals surface area contributed by atoms with Crippen LogP contribution in [0.15, 0.2) is 12.1 Å². The van der Waals surface area contributed by atoms with E-state index in [0.717, 1.165) is 17.6 Å². The molecule has 0 amide bonds. The van der Waals surface area contributed by atoms with Gasteiger partial charge in [0.05, 0.1) is 23.1 Å². The van der Waals surface area contributed by atoms with Gasteiger partial charge in [0, 0.05) is 30.5 Å². The lowest BCUT2D eigenvalue weighted by atomic mass is 9.84. The second-order valence-electron chi connectivity index (χ2n) is 7.27. The maximum atomic E-state index is 13.4. The quantitative estimate of drug-likeness (QED) is 0.813. The van der Waals surface area contributed by atoms with Crippen LogP contribution in [0.3, 0.4) is 0 Å². The molecule has 0 radical (unpaired) electrons. The van der Waals surface area contributed by atoms with E-state index in [1.165, 1.54) is 0 Å². The van der Waals surface area contributed by atoms with Gasteiger partial charge in [-0.1, -0.05) is 0 Å². The van der Waals surface area contributed by atoms with Gasteiger partial charge in [-0.3, -0.25) is 0 Å². The molecule has 0 atom stereocenters. The summed E-state index contributed by atoms with van der Waals surface area (Å²) < 4.78 is 52.3. The zero-order chi connectivity index (χ0) is 19.1. The van der Waals surface area contributed by atoms with Crippen LogP contribution in [0.5, 0.6) is 0 Å². The van der Waals surface area contributed by atoms with Crippen LogP contribution >= 0.6 is 0 Å². The number of nitrogens with zero attached hydrogens (tertiary/aromatic N) is 3. The van der Waals surface area contributed by atoms with Gasteiger partial charge in [-0.25, -0.2) is 22.2 Å². The average molecular weight is 381 g/mol. The van der Waals surface area contributed by atoms with E-state index >= 15 is 0 Å². The Kier molecular flexibility index (Phi) is 4.78. The third kappa shape index (κ3) is 4.04. The van der Waals surface area contributed by atoms with E-state index in [4.69, 9.17) is 5.26 Å². The number of pyridine rings is 1. The van der Waals surface area contributed by atoms with Crippen LogP contribution in [0, 0.1) is 24.2 Å². The smallest absolute Gasteiger partial charge is 0.248 e. The van der Waals surface area contributed by atoms with Gasteiger partial charge in [0.25, 0.3) is 0 Å². The minimum Gasteiger partial charge on any atom is -0.301 e. The molecule has 0 bridgehead atoms. The molecule has 1 aliphatic rings. The summed E-state index contributed by atoms with van der Waals surface area (Å²) in [5.74, 6) is -2.72. The molecule has 1 aliphatic carbocycles. The molecular formula is C18H21F2N3O2S. The molecule has 0 N–H and O–H groups in total. The van der Waals surface area contributed by atoms with E-state index in [0.29, 0.717) is 36.2 Å². The summed E-state index contributed by atoms with van der Waals surface area (Å²) in [4.78, 5) is 4.45. The number of rotatable bonds is 4. The molecule has 2 aromatic heterocycles. The minimum atomic E-state index is -3.30. The number of aryl methyl sites for hydroxylation is 1. The third-order valence-corrected chi connectivity index (χ3v) is 5.73. The first-order valence-corrected chi connectivity index (χ1v) is 10.6. The number of alkyl halides is 2. The normalized spacial score (nSPS) is 18.1. The molecule has 8 heteroatoms. The Morgan fingerprint density at radius 2 is 2.00 bits per heavy atom. The SMILES string of the molecule is Cc1cc(C#N)cc2nc(CS(C)(=O)=O)c(CC3CCC(F)(F)CC3)n12. The van der Waals surface area contributed by atoms with Gasteiger partial charge < -0.3 is 4.40 Å². The number of imidazole rings is 1. The van der Waals surface area contributed by atoms with Crippen molar-refractivity contribution in [3.05, 3.63) is 34.8 Å². The molecule has 0 aliphatic heterocycles. The molecule has 5 nitrogen and oxygen atoms in total. The van der Waals surface area contributed by atoms with E-state index in [1.54, 1.807) is 12.1 Å². The average Bonchev–Trinajstić information content (AvgIpc) is 2.85. The molecule has 2 heterocycles. The Balaban J connectivity index is 2.03. The fourth-order valence-corrected chi connectivity index (χ4v) is 4.42. The molecule has 26 heavy (non-hydrogen) atoms. The summed E-state index contributed by atoms with van der Waals surface area (Å²) in [5, 5.41) is 9.14. The Morgan fingerprint density at radius 3 is 2.58 bits per heavy atom. The maximum Gasteiger partial charge on any atom is 0.248 e. The lowest BCUT2D eigenvalue weighted by Gasteiger charge is -2.28. The van der Waals surface area contributed by atoms with Crippen molar-refractivity contribution in [3.8, 4) is 6.07 Å². The molecule has 1 saturated carbocycles. The highest BCUT2D eigenvalue weighted by Crippen LogP contribution is 2.38. The van der Waals surface area contributed by atoms with Crippen molar-refractivity contribution in [1.82, 2.24) is 9.38 Å². The number of nitriles is 1. The Bertz CT molecular complexity index is 980. The summed E-state index contributed by atoms with van der Waals surface area (Å²) in [6.45, 7) is 1.83. The van der Waals surface area contributed by atoms with Crippen molar-refractivity contribution in [2.75, 3.05) is 6.26 Å². The Hall–Kier alpha value is -2.01. The van der Waals surface area contributed by atoms with Crippen molar-refractivity contribution in [3.63, 3.8) is 0 Å². The highest BCUT2D eigenvalue weighted by atomic mass is 32.2. The lowest BCUT2D eigenvalue weighted by molar-refractivity contribution is -0.0457. The van der Waals surface area contributed by atoms with E-state index in [9.17, 15) is 17.2 Å². The van der Waals surface area contributed by atoms with E-state index in [-0.39, 0.29) is 24.5 Å². The van der Waals surface area contributed by atoms with Crippen LogP contribution in [0.1, 0.15) is 48.3 Å². The number of hydrogen-bond acceptors (Lipinski definition) is 4. The summed E-state index contributed by atoms with van der Waals surface area (Å²) in [6, 6.07) is 5.41. The summed E-state index contributed by atoms with van der Waals surface area (Å²) >= 11 is 0. The first-order chi connectivity index (χ1) is 12.1. The van der Waals surface area contributed by atoms with Gasteiger partial charge in [0.1, 0.15) is 5.65 Å². The molecular weight excluding hydrogens is 360 g/mol. The first-order valence-electron chi connectivity index (χ1n) is 8.54. The Morgan fingerprint density at radius 1 is 1.35 bits per heavy atom. The summed E-state index contributed by atoms with van der Waals surface area (Å²) in [5.41, 5.74) is 2.96. The van der Waals surface area contributed by atoms with Gasteiger partial charge in [0.15, 0.2) is 9.84 Å². The summed E-state index contributed by atoms with van der Waals surface area (Å²) in [6.07, 6.45) is 2.22. The van der Waals surface area contributed by atoms with Gasteiger partial charge >= 0.3 is 0 Å². The number of sulfone groups is 1. The largest absolute Gasteiger partial charge is 0.301 e. The van der Waals surface area contributed by atoms with Crippen LogP contribution in [0.2, 0.25) is 0 Å². The van der Waals surface area contributed by atoms with Gasteiger partial charge in [-0.15, -0.1) is 0 Å². The predicted molar refractivity (Wildman–Crippen MR) is 93.8 cm³/mol. The molecule has 0 unspecified atom stereocenters. The zero-order valence-electron chi connectivity index (χ0n) is 14.8. The van der Waals surface area contributed by atoms with Gasteiger partial charge in [0.2, 0.25) is 5.92 Å². The van der Waals surface area contributed by atoms with Gasteiger partial charge in [-0.2, -0.15) is 5.26 Å². The summed E-state index contributed by atoms with van der Waals surface area (Å²) in [7, 11) is -3.30. The number of halogens is 2. The zero-order valence-corrected chi connectivity index (χ0v) is 15.6. The molecule has 1 fully saturated rings. The van der Waals surface area contributed by atoms with Crippen molar-refractivity contribution in [2.45, 2.75) is 50.7 Å². The van der Waals surface area contributed by atoms with Crippen LogP contribution in [0.4, 0.5) is 8.78 Å². The van der Waals surface area contributed by atoms with Crippen molar-refractivity contribution < 1.29 is 17.2 Å². The van der Waals surface area contributed by atoms with E-state index < -0.39 is 15.8 Å². The number of hydrogen-bond donors (Lipinski definition) is 0. The number of aromatic nitrogens is 2. The van der Waals surface area contributed by atoms with Crippen LogP contribution in [0.25, 0.3) is 5.65 Å². The van der Waals surface area contributed by atoms with Crippen molar-refractivity contribution in [2.24, 2.45) is 5.92 Å². The third-order valence-electron chi connectivity index (χ3n) is 4.93. The van der Waals surface area contributed by atoms with Crippen LogP contribution < -0.4 is 0 Å². The maximum absolute atomic E-state index is 13.4. The monoisotopic (exact) mass is 381 g/mol. The molecule has 0 aromatic carbocycles. The second-order valence-corrected chi connectivity index (χ2v) is 9.41. The Labute approximate surface area is 151 Å². The fourth-order valence-electron chi connectivity index (χ4n) is 3.70. The fraction of sp³-hybridized carbons (Fsp3) is 0.556. The highest BCUT2D eigenvalue weighted by Gasteiger charge is 2.35.